The van der Waals surface area contributed by atoms with Gasteiger partial charge in [-0.15, -0.1) is 0 Å². The van der Waals surface area contributed by atoms with E-state index >= 15 is 0 Å². The summed E-state index contributed by atoms with van der Waals surface area (Å²) in [5.74, 6) is 0. The molecule has 0 rings (SSSR count). The molecule has 0 aliphatic rings. The van der Waals surface area contributed by atoms with Crippen molar-refractivity contribution in [1.29, 1.82) is 0 Å². The molecule has 0 fully saturated rings. The normalized spacial score (nSPS) is 16.0. The van der Waals surface area contributed by atoms with Gasteiger partial charge in [0.15, 0.2) is 0 Å². The minimum Gasteiger partial charge on any atom is -0.324 e. The summed E-state index contributed by atoms with van der Waals surface area (Å²) < 4.78 is 19.6. The highest BCUT2D eigenvalue weighted by atomic mass is 32.5. The lowest BCUT2D eigenvalue weighted by Gasteiger charge is -2.14. The van der Waals surface area contributed by atoms with Gasteiger partial charge in [0.1, 0.15) is 0 Å². The van der Waals surface area contributed by atoms with Gasteiger partial charge in [-0.3, -0.25) is 4.52 Å². The molecule has 0 spiro atoms. The topological polar surface area (TPSA) is 96.2 Å². The zero-order valence-electron chi connectivity index (χ0n) is 9.11. The van der Waals surface area contributed by atoms with Crippen molar-refractivity contribution in [3.63, 3.8) is 0 Å². The van der Waals surface area contributed by atoms with Crippen molar-refractivity contribution in [3.05, 3.63) is 0 Å². The van der Waals surface area contributed by atoms with E-state index in [1.807, 2.05) is 0 Å². The fourth-order valence-electron chi connectivity index (χ4n) is 1.04. The zero-order chi connectivity index (χ0) is 12.7. The van der Waals surface area contributed by atoms with Crippen LogP contribution in [0.2, 0.25) is 0 Å². The highest BCUT2D eigenvalue weighted by molar-refractivity contribution is 8.08. The lowest BCUT2D eigenvalue weighted by molar-refractivity contribution is 0.190. The van der Waals surface area contributed by atoms with Crippen LogP contribution in [0, 0.1) is 0 Å². The number of hydrogen-bond acceptors (Lipinski definition) is 4. The first-order valence-electron chi connectivity index (χ1n) is 5.01. The van der Waals surface area contributed by atoms with Crippen molar-refractivity contribution in [2.45, 2.75) is 39.0 Å². The van der Waals surface area contributed by atoms with E-state index in [0.717, 1.165) is 25.7 Å². The van der Waals surface area contributed by atoms with Crippen LogP contribution in [0.25, 0.3) is 0 Å². The third-order valence-electron chi connectivity index (χ3n) is 1.71. The molecule has 0 heterocycles. The van der Waals surface area contributed by atoms with Crippen LogP contribution in [0.1, 0.15) is 39.0 Å². The molecule has 1 unspecified atom stereocenters. The number of unbranched alkanes of at least 4 members (excludes halogenated alkanes) is 4. The van der Waals surface area contributed by atoms with Gasteiger partial charge >= 0.3 is 14.5 Å². The fraction of sp³-hybridized carbons (Fsp3) is 1.00. The van der Waals surface area contributed by atoms with Crippen LogP contribution in [0.4, 0.5) is 0 Å². The van der Waals surface area contributed by atoms with E-state index in [-0.39, 0.29) is 6.61 Å². The molecule has 0 amide bonds. The first kappa shape index (κ1) is 16.7. The summed E-state index contributed by atoms with van der Waals surface area (Å²) in [6, 6.07) is 0. The molecule has 0 radical (unpaired) electrons. The van der Waals surface area contributed by atoms with Crippen LogP contribution < -0.4 is 0 Å². The Morgan fingerprint density at radius 1 is 1.12 bits per heavy atom. The van der Waals surface area contributed by atoms with Crippen molar-refractivity contribution in [3.8, 4) is 0 Å². The van der Waals surface area contributed by atoms with Crippen molar-refractivity contribution >= 4 is 26.3 Å². The Bertz CT molecular complexity index is 278. The van der Waals surface area contributed by atoms with Gasteiger partial charge in [0.05, 0.1) is 6.61 Å². The second-order valence-electron chi connectivity index (χ2n) is 3.29. The quantitative estimate of drug-likeness (QED) is 0.443. The van der Waals surface area contributed by atoms with E-state index in [9.17, 15) is 4.57 Å². The highest BCUT2D eigenvalue weighted by Gasteiger charge is 2.28. The van der Waals surface area contributed by atoms with Crippen molar-refractivity contribution < 1.29 is 28.1 Å². The maximum absolute atomic E-state index is 11.1. The number of hydrogen-bond donors (Lipinski definition) is 3. The van der Waals surface area contributed by atoms with Crippen molar-refractivity contribution in [1.82, 2.24) is 0 Å². The fourth-order valence-corrected chi connectivity index (χ4v) is 3.43. The second-order valence-corrected chi connectivity index (χ2v) is 7.54. The molecule has 9 heteroatoms. The predicted molar refractivity (Wildman–Crippen MR) is 64.3 cm³/mol. The molecule has 0 aliphatic carbocycles. The van der Waals surface area contributed by atoms with E-state index in [1.54, 1.807) is 0 Å². The third kappa shape index (κ3) is 11.2. The molecule has 3 N–H and O–H groups in total. The summed E-state index contributed by atoms with van der Waals surface area (Å²) in [7, 11) is -4.42. The van der Waals surface area contributed by atoms with Crippen molar-refractivity contribution in [2.75, 3.05) is 6.61 Å². The monoisotopic (exact) mass is 292 g/mol. The molecule has 0 saturated heterocycles. The molecule has 0 aromatic rings. The van der Waals surface area contributed by atoms with Crippen molar-refractivity contribution in [2.24, 2.45) is 0 Å². The van der Waals surface area contributed by atoms with E-state index in [4.69, 9.17) is 14.7 Å². The highest BCUT2D eigenvalue weighted by Crippen LogP contribution is 2.57. The first-order chi connectivity index (χ1) is 7.27. The average molecular weight is 292 g/mol. The molecule has 1 atom stereocenters. The van der Waals surface area contributed by atoms with E-state index in [0.29, 0.717) is 6.42 Å². The van der Waals surface area contributed by atoms with Gasteiger partial charge in [0.2, 0.25) is 0 Å². The van der Waals surface area contributed by atoms with Gasteiger partial charge in [0.25, 0.3) is 0 Å². The standard InChI is InChI=1S/C7H18O6P2S/c1-2-3-4-5-6-7-12-14(8,9)13-15(10,11)16/h2-7H2,1H3,(H,8,9)(H2,10,11,16). The van der Waals surface area contributed by atoms with Gasteiger partial charge < -0.3 is 14.7 Å². The van der Waals surface area contributed by atoms with Crippen LogP contribution in [0.3, 0.4) is 0 Å². The summed E-state index contributed by atoms with van der Waals surface area (Å²) in [4.78, 5) is 26.4. The van der Waals surface area contributed by atoms with Gasteiger partial charge in [-0.25, -0.2) is 8.88 Å². The number of phosphoric acid groups is 1. The van der Waals surface area contributed by atoms with Crippen LogP contribution in [-0.2, 0) is 25.2 Å². The second kappa shape index (κ2) is 7.90. The summed E-state index contributed by atoms with van der Waals surface area (Å²) in [5.41, 5.74) is 0. The van der Waals surface area contributed by atoms with Crippen LogP contribution in [0.5, 0.6) is 0 Å². The number of phosphoric ester groups is 1. The summed E-state index contributed by atoms with van der Waals surface area (Å²) in [5, 5.41) is 0. The Morgan fingerprint density at radius 2 is 1.69 bits per heavy atom. The Labute approximate surface area is 100 Å². The maximum atomic E-state index is 11.1. The summed E-state index contributed by atoms with van der Waals surface area (Å²) in [6.07, 6.45) is 4.77. The minimum absolute atomic E-state index is 0.0345. The van der Waals surface area contributed by atoms with Gasteiger partial charge in [-0.2, -0.15) is 0 Å². The van der Waals surface area contributed by atoms with E-state index in [2.05, 4.69) is 27.6 Å². The minimum atomic E-state index is -4.42. The third-order valence-corrected chi connectivity index (χ3v) is 4.50. The molecule has 0 bridgehead atoms. The molecule has 0 aromatic carbocycles. The van der Waals surface area contributed by atoms with E-state index < -0.39 is 14.5 Å². The van der Waals surface area contributed by atoms with Gasteiger partial charge in [-0.05, 0) is 18.2 Å². The van der Waals surface area contributed by atoms with Gasteiger partial charge in [-0.1, -0.05) is 32.6 Å². The number of rotatable bonds is 9. The molecular formula is C7H18O6P2S. The summed E-state index contributed by atoms with van der Waals surface area (Å²) >= 11 is 4.06. The largest absolute Gasteiger partial charge is 0.479 e. The Morgan fingerprint density at radius 3 is 2.19 bits per heavy atom. The summed E-state index contributed by atoms with van der Waals surface area (Å²) in [6.45, 7) is -2.04. The average Bonchev–Trinajstić information content (AvgIpc) is 2.06. The van der Waals surface area contributed by atoms with Crippen LogP contribution >= 0.6 is 14.5 Å². The zero-order valence-corrected chi connectivity index (χ0v) is 11.7. The Kier molecular flexibility index (Phi) is 8.24. The molecular weight excluding hydrogens is 274 g/mol. The SMILES string of the molecule is CCCCCCCOP(=O)(O)OP(O)(O)=S. The van der Waals surface area contributed by atoms with E-state index in [1.165, 1.54) is 0 Å². The molecule has 16 heavy (non-hydrogen) atoms. The smallest absolute Gasteiger partial charge is 0.324 e. The molecule has 0 aliphatic heterocycles. The lowest BCUT2D eigenvalue weighted by atomic mass is 10.2. The van der Waals surface area contributed by atoms with Crippen LogP contribution in [-0.4, -0.2) is 21.3 Å². The Balaban J connectivity index is 3.67. The molecule has 98 valence electrons. The maximum Gasteiger partial charge on any atom is 0.479 e. The molecule has 0 aromatic heterocycles. The van der Waals surface area contributed by atoms with Crippen LogP contribution in [0.15, 0.2) is 0 Å². The first-order valence-corrected chi connectivity index (χ1v) is 9.13. The van der Waals surface area contributed by atoms with Gasteiger partial charge in [0, 0.05) is 0 Å². The predicted octanol–water partition coefficient (Wildman–Crippen LogP) is 2.30. The lowest BCUT2D eigenvalue weighted by Crippen LogP contribution is -1.96. The molecule has 6 nitrogen and oxygen atoms in total. The molecule has 0 saturated carbocycles. The Hall–Kier alpha value is 0.680.